The lowest BCUT2D eigenvalue weighted by Gasteiger charge is -2.07. The minimum absolute atomic E-state index is 0.00380. The lowest BCUT2D eigenvalue weighted by molar-refractivity contribution is -0.116. The second kappa shape index (κ2) is 6.43. The van der Waals surface area contributed by atoms with Gasteiger partial charge in [-0.1, -0.05) is 21.6 Å². The molecule has 0 atom stereocenters. The number of ketones is 1. The van der Waals surface area contributed by atoms with E-state index in [2.05, 4.69) is 0 Å². The number of hydrogen-bond acceptors (Lipinski definition) is 4. The fourth-order valence-electron chi connectivity index (χ4n) is 0.758. The highest BCUT2D eigenvalue weighted by molar-refractivity contribution is 8.77. The Morgan fingerprint density at radius 1 is 1.42 bits per heavy atom. The number of ether oxygens (including phenoxy) is 1. The Hall–Kier alpha value is -0.0900. The fourth-order valence-corrected chi connectivity index (χ4v) is 2.26. The maximum Gasteiger partial charge on any atom is 0.195 e. The first kappa shape index (κ1) is 11.9. The molecule has 12 heavy (non-hydrogen) atoms. The number of allylic oxidation sites excluding steroid dienone is 2. The molecule has 0 saturated heterocycles. The van der Waals surface area contributed by atoms with Crippen molar-refractivity contribution >= 4 is 27.4 Å². The summed E-state index contributed by atoms with van der Waals surface area (Å²) < 4.78 is 5.21. The molecule has 0 saturated carbocycles. The second-order valence-corrected chi connectivity index (χ2v) is 4.74. The van der Waals surface area contributed by atoms with E-state index in [1.54, 1.807) is 21.6 Å². The van der Waals surface area contributed by atoms with E-state index in [1.807, 2.05) is 20.1 Å². The molecule has 0 fully saturated rings. The van der Waals surface area contributed by atoms with Crippen LogP contribution in [-0.2, 0) is 9.53 Å². The van der Waals surface area contributed by atoms with E-state index in [4.69, 9.17) is 4.74 Å². The average Bonchev–Trinajstić information content (AvgIpc) is 1.99. The number of hydrogen-bond donors (Lipinski definition) is 0. The molecule has 0 amide bonds. The van der Waals surface area contributed by atoms with Crippen LogP contribution in [0, 0.1) is 0 Å². The van der Waals surface area contributed by atoms with E-state index in [0.29, 0.717) is 12.4 Å². The summed E-state index contributed by atoms with van der Waals surface area (Å²) in [4.78, 5) is 12.0. The van der Waals surface area contributed by atoms with Crippen molar-refractivity contribution in [1.29, 1.82) is 0 Å². The van der Waals surface area contributed by atoms with Crippen molar-refractivity contribution in [3.8, 4) is 0 Å². The van der Waals surface area contributed by atoms with E-state index >= 15 is 0 Å². The minimum atomic E-state index is -0.00380. The van der Waals surface area contributed by atoms with Crippen LogP contribution in [0.2, 0.25) is 0 Å². The molecular formula is C8H14O2S2. The van der Waals surface area contributed by atoms with Crippen molar-refractivity contribution < 1.29 is 9.53 Å². The first-order chi connectivity index (χ1) is 5.63. The summed E-state index contributed by atoms with van der Waals surface area (Å²) in [5.41, 5.74) is 0. The highest BCUT2D eigenvalue weighted by atomic mass is 33.1. The maximum atomic E-state index is 11.0. The normalized spacial score (nSPS) is 12.3. The summed E-state index contributed by atoms with van der Waals surface area (Å²) in [6.45, 7) is 5.84. The molecule has 2 nitrogen and oxygen atoms in total. The summed E-state index contributed by atoms with van der Waals surface area (Å²) in [5, 5.41) is 0. The molecule has 0 spiro atoms. The molecule has 0 unspecified atom stereocenters. The Kier molecular flexibility index (Phi) is 6.38. The molecule has 0 aromatic heterocycles. The molecule has 0 rings (SSSR count). The predicted octanol–water partition coefficient (Wildman–Crippen LogP) is 2.85. The molecule has 0 aromatic rings. The van der Waals surface area contributed by atoms with E-state index in [0.717, 1.165) is 4.91 Å². The van der Waals surface area contributed by atoms with Gasteiger partial charge < -0.3 is 4.74 Å². The van der Waals surface area contributed by atoms with Gasteiger partial charge in [0.1, 0.15) is 0 Å². The van der Waals surface area contributed by atoms with Crippen LogP contribution in [0.5, 0.6) is 0 Å². The van der Waals surface area contributed by atoms with Crippen LogP contribution in [0.1, 0.15) is 20.8 Å². The summed E-state index contributed by atoms with van der Waals surface area (Å²) in [5.74, 6) is 0.493. The van der Waals surface area contributed by atoms with Crippen LogP contribution in [0.4, 0.5) is 0 Å². The molecule has 0 N–H and O–H groups in total. The minimum Gasteiger partial charge on any atom is -0.489 e. The van der Waals surface area contributed by atoms with Gasteiger partial charge in [-0.3, -0.25) is 4.79 Å². The largest absolute Gasteiger partial charge is 0.489 e. The van der Waals surface area contributed by atoms with E-state index in [1.165, 1.54) is 6.92 Å². The lowest BCUT2D eigenvalue weighted by Crippen LogP contribution is -2.03. The van der Waals surface area contributed by atoms with Gasteiger partial charge in [0.15, 0.2) is 11.5 Å². The Morgan fingerprint density at radius 2 is 2.00 bits per heavy atom. The van der Waals surface area contributed by atoms with Crippen molar-refractivity contribution in [2.45, 2.75) is 20.8 Å². The summed E-state index contributed by atoms with van der Waals surface area (Å²) in [7, 11) is 3.17. The quantitative estimate of drug-likeness (QED) is 0.392. The van der Waals surface area contributed by atoms with Gasteiger partial charge in [0.05, 0.1) is 6.61 Å². The highest BCUT2D eigenvalue weighted by Gasteiger charge is 2.08. The Bertz CT molecular complexity index is 187. The Morgan fingerprint density at radius 3 is 2.33 bits per heavy atom. The molecule has 0 radical (unpaired) electrons. The molecule has 0 aliphatic carbocycles. The number of carbonyl (C=O) groups excluding carboxylic acids is 1. The number of rotatable bonds is 5. The Balaban J connectivity index is 4.43. The van der Waals surface area contributed by atoms with E-state index in [-0.39, 0.29) is 5.78 Å². The van der Waals surface area contributed by atoms with Crippen molar-refractivity contribution in [1.82, 2.24) is 0 Å². The zero-order valence-corrected chi connectivity index (χ0v) is 9.47. The van der Waals surface area contributed by atoms with Gasteiger partial charge in [-0.2, -0.15) is 0 Å². The maximum absolute atomic E-state index is 11.0. The van der Waals surface area contributed by atoms with Crippen molar-refractivity contribution in [2.24, 2.45) is 0 Å². The first-order valence-electron chi connectivity index (χ1n) is 3.68. The highest BCUT2D eigenvalue weighted by Crippen LogP contribution is 2.29. The molecule has 0 aliphatic rings. The number of carbonyl (C=O) groups is 1. The average molecular weight is 206 g/mol. The molecule has 70 valence electrons. The second-order valence-electron chi connectivity index (χ2n) is 2.12. The third-order valence-electron chi connectivity index (χ3n) is 1.14. The third-order valence-corrected chi connectivity index (χ3v) is 2.99. The standard InChI is InChI=1S/C8H14O2S2/c1-5-10-8(6(2)9)7(3)12-11-4/h5H2,1-4H3. The smallest absolute Gasteiger partial charge is 0.195 e. The summed E-state index contributed by atoms with van der Waals surface area (Å²) >= 11 is 0. The molecular weight excluding hydrogens is 192 g/mol. The van der Waals surface area contributed by atoms with Gasteiger partial charge in [-0.15, -0.1) is 0 Å². The first-order valence-corrected chi connectivity index (χ1v) is 6.24. The molecule has 0 aliphatic heterocycles. The van der Waals surface area contributed by atoms with Gasteiger partial charge in [0.25, 0.3) is 0 Å². The van der Waals surface area contributed by atoms with E-state index in [9.17, 15) is 4.79 Å². The van der Waals surface area contributed by atoms with Gasteiger partial charge in [0.2, 0.25) is 0 Å². The molecule has 4 heteroatoms. The monoisotopic (exact) mass is 206 g/mol. The molecule has 0 heterocycles. The van der Waals surface area contributed by atoms with Crippen LogP contribution in [0.3, 0.4) is 0 Å². The summed E-state index contributed by atoms with van der Waals surface area (Å²) in [6.07, 6.45) is 1.97. The SMILES string of the molecule is CCOC(C(C)=O)=C(C)SSC. The van der Waals surface area contributed by atoms with Crippen LogP contribution < -0.4 is 0 Å². The van der Waals surface area contributed by atoms with Gasteiger partial charge in [-0.25, -0.2) is 0 Å². The van der Waals surface area contributed by atoms with Crippen LogP contribution >= 0.6 is 21.6 Å². The zero-order valence-electron chi connectivity index (χ0n) is 7.84. The topological polar surface area (TPSA) is 26.3 Å². The van der Waals surface area contributed by atoms with Crippen LogP contribution in [0.15, 0.2) is 10.7 Å². The zero-order chi connectivity index (χ0) is 9.56. The summed E-state index contributed by atoms with van der Waals surface area (Å²) in [6, 6.07) is 0. The lowest BCUT2D eigenvalue weighted by atomic mass is 10.3. The predicted molar refractivity (Wildman–Crippen MR) is 56.1 cm³/mol. The van der Waals surface area contributed by atoms with E-state index < -0.39 is 0 Å². The van der Waals surface area contributed by atoms with Crippen LogP contribution in [0.25, 0.3) is 0 Å². The van der Waals surface area contributed by atoms with Crippen LogP contribution in [-0.4, -0.2) is 18.6 Å². The van der Waals surface area contributed by atoms with Crippen molar-refractivity contribution in [2.75, 3.05) is 12.9 Å². The Labute approximate surface area is 81.5 Å². The van der Waals surface area contributed by atoms with Crippen molar-refractivity contribution in [3.05, 3.63) is 10.7 Å². The molecule has 0 aromatic carbocycles. The van der Waals surface area contributed by atoms with Gasteiger partial charge >= 0.3 is 0 Å². The third kappa shape index (κ3) is 4.07. The van der Waals surface area contributed by atoms with Gasteiger partial charge in [0, 0.05) is 11.8 Å². The number of Topliss-reactive ketones (excluding diaryl/α,β-unsaturated/α-hetero) is 1. The van der Waals surface area contributed by atoms with Crippen molar-refractivity contribution in [3.63, 3.8) is 0 Å². The fraction of sp³-hybridized carbons (Fsp3) is 0.625. The van der Waals surface area contributed by atoms with Gasteiger partial charge in [-0.05, 0) is 20.1 Å². The molecule has 0 bridgehead atoms.